The second kappa shape index (κ2) is 7.87. The first kappa shape index (κ1) is 18.9. The van der Waals surface area contributed by atoms with Crippen molar-refractivity contribution in [1.82, 2.24) is 20.0 Å². The van der Waals surface area contributed by atoms with Crippen LogP contribution in [0, 0.1) is 12.7 Å². The summed E-state index contributed by atoms with van der Waals surface area (Å²) in [5.41, 5.74) is 2.64. The lowest BCUT2D eigenvalue weighted by Gasteiger charge is -2.29. The van der Waals surface area contributed by atoms with E-state index in [0.29, 0.717) is 24.5 Å². The third-order valence-corrected chi connectivity index (χ3v) is 5.05. The highest BCUT2D eigenvalue weighted by atomic mass is 19.1. The van der Waals surface area contributed by atoms with Crippen molar-refractivity contribution in [3.05, 3.63) is 83.4 Å². The number of rotatable bonds is 3. The number of carbonyl (C=O) groups excluding carboxylic acids is 2. The summed E-state index contributed by atoms with van der Waals surface area (Å²) < 4.78 is 14.8. The Kier molecular flexibility index (Phi) is 5.12. The summed E-state index contributed by atoms with van der Waals surface area (Å²) in [6, 6.07) is 16.8. The largest absolute Gasteiger partial charge is 0.354 e. The fourth-order valence-corrected chi connectivity index (χ4v) is 3.62. The number of hydrogen-bond donors (Lipinski definition) is 1. The number of amides is 2. The van der Waals surface area contributed by atoms with Crippen molar-refractivity contribution in [3.8, 4) is 5.69 Å². The third kappa shape index (κ3) is 3.89. The molecule has 0 aliphatic carbocycles. The SMILES string of the molecule is Cc1cc(C(=O)N2CCNC(=O)C[C@H]2c2ccccc2)nn1-c1ccc(F)cc1. The van der Waals surface area contributed by atoms with Gasteiger partial charge in [0, 0.05) is 18.8 Å². The predicted octanol–water partition coefficient (Wildman–Crippen LogP) is 3.02. The van der Waals surface area contributed by atoms with Crippen LogP contribution in [0.4, 0.5) is 4.39 Å². The van der Waals surface area contributed by atoms with Gasteiger partial charge in [0.25, 0.3) is 5.91 Å². The van der Waals surface area contributed by atoms with Gasteiger partial charge in [-0.25, -0.2) is 9.07 Å². The summed E-state index contributed by atoms with van der Waals surface area (Å²) >= 11 is 0. The second-order valence-electron chi connectivity index (χ2n) is 7.04. The van der Waals surface area contributed by atoms with E-state index < -0.39 is 0 Å². The van der Waals surface area contributed by atoms with Crippen molar-refractivity contribution in [2.24, 2.45) is 0 Å². The van der Waals surface area contributed by atoms with Gasteiger partial charge in [-0.2, -0.15) is 5.10 Å². The van der Waals surface area contributed by atoms with Gasteiger partial charge >= 0.3 is 0 Å². The topological polar surface area (TPSA) is 67.2 Å². The lowest BCUT2D eigenvalue weighted by atomic mass is 10.0. The minimum Gasteiger partial charge on any atom is -0.354 e. The minimum atomic E-state index is -0.359. The zero-order chi connectivity index (χ0) is 20.4. The van der Waals surface area contributed by atoms with E-state index in [4.69, 9.17) is 0 Å². The quantitative estimate of drug-likeness (QED) is 0.745. The molecule has 0 unspecified atom stereocenters. The first-order valence-electron chi connectivity index (χ1n) is 9.48. The molecule has 1 fully saturated rings. The van der Waals surface area contributed by atoms with Crippen molar-refractivity contribution in [2.75, 3.05) is 13.1 Å². The van der Waals surface area contributed by atoms with E-state index in [1.54, 1.807) is 27.8 Å². The number of nitrogens with zero attached hydrogens (tertiary/aromatic N) is 3. The maximum atomic E-state index is 13.3. The molecule has 29 heavy (non-hydrogen) atoms. The number of aromatic nitrogens is 2. The maximum absolute atomic E-state index is 13.3. The molecule has 148 valence electrons. The number of hydrogen-bond acceptors (Lipinski definition) is 3. The Morgan fingerprint density at radius 1 is 1.14 bits per heavy atom. The standard InChI is InChI=1S/C22H21FN4O2/c1-15-13-19(25-27(15)18-9-7-17(23)8-10-18)22(29)26-12-11-24-21(28)14-20(26)16-5-3-2-4-6-16/h2-10,13,20H,11-12,14H2,1H3,(H,24,28)/t20-/m0/s1. The van der Waals surface area contributed by atoms with Gasteiger partial charge in [0.1, 0.15) is 5.82 Å². The van der Waals surface area contributed by atoms with Crippen molar-refractivity contribution in [2.45, 2.75) is 19.4 Å². The summed E-state index contributed by atoms with van der Waals surface area (Å²) in [7, 11) is 0. The Labute approximate surface area is 167 Å². The molecular weight excluding hydrogens is 371 g/mol. The number of aryl methyl sites for hydroxylation is 1. The first-order chi connectivity index (χ1) is 14.0. The number of benzene rings is 2. The van der Waals surface area contributed by atoms with Crippen molar-refractivity contribution in [1.29, 1.82) is 0 Å². The molecule has 2 amide bonds. The average molecular weight is 392 g/mol. The molecule has 0 radical (unpaired) electrons. The average Bonchev–Trinajstić information content (AvgIpc) is 3.01. The molecule has 1 aliphatic rings. The van der Waals surface area contributed by atoms with E-state index in [1.165, 1.54) is 12.1 Å². The van der Waals surface area contributed by atoms with E-state index >= 15 is 0 Å². The van der Waals surface area contributed by atoms with Gasteiger partial charge in [0.05, 0.1) is 18.2 Å². The van der Waals surface area contributed by atoms with Gasteiger partial charge in [-0.1, -0.05) is 30.3 Å². The van der Waals surface area contributed by atoms with Crippen LogP contribution in [0.2, 0.25) is 0 Å². The Hall–Kier alpha value is -3.48. The molecule has 6 nitrogen and oxygen atoms in total. The molecule has 0 bridgehead atoms. The number of carbonyl (C=O) groups is 2. The van der Waals surface area contributed by atoms with Gasteiger partial charge in [-0.15, -0.1) is 0 Å². The van der Waals surface area contributed by atoms with Crippen LogP contribution in [-0.2, 0) is 4.79 Å². The van der Waals surface area contributed by atoms with Crippen LogP contribution in [0.5, 0.6) is 0 Å². The second-order valence-corrected chi connectivity index (χ2v) is 7.04. The lowest BCUT2D eigenvalue weighted by Crippen LogP contribution is -2.36. The summed E-state index contributed by atoms with van der Waals surface area (Å²) in [5, 5.41) is 7.29. The highest BCUT2D eigenvalue weighted by Crippen LogP contribution is 2.27. The molecule has 1 N–H and O–H groups in total. The minimum absolute atomic E-state index is 0.0813. The normalized spacial score (nSPS) is 17.0. The third-order valence-electron chi connectivity index (χ3n) is 5.05. The molecule has 1 saturated heterocycles. The Morgan fingerprint density at radius 2 is 1.86 bits per heavy atom. The van der Waals surface area contributed by atoms with Crippen LogP contribution in [0.1, 0.15) is 34.2 Å². The van der Waals surface area contributed by atoms with Crippen LogP contribution >= 0.6 is 0 Å². The fourth-order valence-electron chi connectivity index (χ4n) is 3.62. The zero-order valence-electron chi connectivity index (χ0n) is 16.0. The van der Waals surface area contributed by atoms with Gasteiger partial charge in [0.2, 0.25) is 5.91 Å². The molecule has 1 aliphatic heterocycles. The molecule has 7 heteroatoms. The number of nitrogens with one attached hydrogen (secondary N) is 1. The lowest BCUT2D eigenvalue weighted by molar-refractivity contribution is -0.121. The zero-order valence-corrected chi connectivity index (χ0v) is 16.0. The smallest absolute Gasteiger partial charge is 0.274 e. The van der Waals surface area contributed by atoms with Crippen LogP contribution in [-0.4, -0.2) is 39.6 Å². The van der Waals surface area contributed by atoms with Gasteiger partial charge in [0.15, 0.2) is 5.69 Å². The molecule has 1 aromatic heterocycles. The highest BCUT2D eigenvalue weighted by molar-refractivity contribution is 5.93. The van der Waals surface area contributed by atoms with Crippen molar-refractivity contribution >= 4 is 11.8 Å². The van der Waals surface area contributed by atoms with Crippen molar-refractivity contribution < 1.29 is 14.0 Å². The molecular formula is C22H21FN4O2. The molecule has 2 aromatic carbocycles. The summed E-state index contributed by atoms with van der Waals surface area (Å²) in [5.74, 6) is -0.649. The summed E-state index contributed by atoms with van der Waals surface area (Å²) in [6.07, 6.45) is 0.202. The monoisotopic (exact) mass is 392 g/mol. The van der Waals surface area contributed by atoms with Crippen molar-refractivity contribution in [3.63, 3.8) is 0 Å². The Morgan fingerprint density at radius 3 is 2.59 bits per heavy atom. The van der Waals surface area contributed by atoms with E-state index in [9.17, 15) is 14.0 Å². The van der Waals surface area contributed by atoms with E-state index in [2.05, 4.69) is 10.4 Å². The molecule has 1 atom stereocenters. The van der Waals surface area contributed by atoms with Crippen LogP contribution in [0.15, 0.2) is 60.7 Å². The van der Waals surface area contributed by atoms with E-state index in [-0.39, 0.29) is 30.1 Å². The molecule has 0 spiro atoms. The molecule has 3 aromatic rings. The maximum Gasteiger partial charge on any atom is 0.274 e. The summed E-state index contributed by atoms with van der Waals surface area (Å²) in [4.78, 5) is 27.2. The van der Waals surface area contributed by atoms with Crippen LogP contribution < -0.4 is 5.32 Å². The first-order valence-corrected chi connectivity index (χ1v) is 9.48. The fraction of sp³-hybridized carbons (Fsp3) is 0.227. The van der Waals surface area contributed by atoms with E-state index in [0.717, 1.165) is 11.3 Å². The Balaban J connectivity index is 1.67. The predicted molar refractivity (Wildman–Crippen MR) is 106 cm³/mol. The van der Waals surface area contributed by atoms with Crippen LogP contribution in [0.25, 0.3) is 5.69 Å². The highest BCUT2D eigenvalue weighted by Gasteiger charge is 2.31. The summed E-state index contributed by atoms with van der Waals surface area (Å²) in [6.45, 7) is 2.63. The van der Waals surface area contributed by atoms with Gasteiger partial charge in [-0.3, -0.25) is 9.59 Å². The molecule has 0 saturated carbocycles. The van der Waals surface area contributed by atoms with Crippen LogP contribution in [0.3, 0.4) is 0 Å². The van der Waals surface area contributed by atoms with Gasteiger partial charge in [-0.05, 0) is 42.8 Å². The van der Waals surface area contributed by atoms with E-state index in [1.807, 2.05) is 37.3 Å². The Bertz CT molecular complexity index is 1030. The van der Waals surface area contributed by atoms with Gasteiger partial charge < -0.3 is 10.2 Å². The number of halogens is 1. The molecule has 4 rings (SSSR count). The molecule has 2 heterocycles.